The van der Waals surface area contributed by atoms with Gasteiger partial charge in [-0.3, -0.25) is 0 Å². The highest BCUT2D eigenvalue weighted by Crippen LogP contribution is 2.35. The number of nitrogens with zero attached hydrogens (tertiary/aromatic N) is 3. The van der Waals surface area contributed by atoms with E-state index in [0.29, 0.717) is 18.3 Å². The van der Waals surface area contributed by atoms with Crippen LogP contribution in [0.3, 0.4) is 0 Å². The predicted octanol–water partition coefficient (Wildman–Crippen LogP) is 3.96. The van der Waals surface area contributed by atoms with Crippen molar-refractivity contribution in [3.05, 3.63) is 47.4 Å². The third-order valence-corrected chi connectivity index (χ3v) is 5.09. The highest BCUT2D eigenvalue weighted by molar-refractivity contribution is 5.61. The summed E-state index contributed by atoms with van der Waals surface area (Å²) in [5, 5.41) is 7.30. The Bertz CT molecular complexity index is 999. The molecule has 0 saturated carbocycles. The molecule has 1 atom stereocenters. The molecule has 8 heteroatoms. The van der Waals surface area contributed by atoms with Crippen molar-refractivity contribution in [2.45, 2.75) is 32.3 Å². The summed E-state index contributed by atoms with van der Waals surface area (Å²) >= 11 is 0. The largest absolute Gasteiger partial charge is 0.493 e. The van der Waals surface area contributed by atoms with Gasteiger partial charge in [-0.25, -0.2) is 9.97 Å². The van der Waals surface area contributed by atoms with E-state index in [1.807, 2.05) is 31.2 Å². The second-order valence-corrected chi connectivity index (χ2v) is 7.19. The number of hydrogen-bond acceptors (Lipinski definition) is 8. The van der Waals surface area contributed by atoms with Gasteiger partial charge in [0.05, 0.1) is 31.2 Å². The molecule has 0 amide bonds. The molecule has 3 heterocycles. The van der Waals surface area contributed by atoms with Gasteiger partial charge in [0.2, 0.25) is 5.95 Å². The van der Waals surface area contributed by atoms with E-state index in [9.17, 15) is 0 Å². The molecule has 1 N–H and O–H groups in total. The topological polar surface area (TPSA) is 91.5 Å². The summed E-state index contributed by atoms with van der Waals surface area (Å²) in [5.41, 5.74) is 3.62. The van der Waals surface area contributed by atoms with Crippen molar-refractivity contribution in [1.82, 2.24) is 15.1 Å². The number of aryl methyl sites for hydroxylation is 1. The second kappa shape index (κ2) is 9.13. The van der Waals surface area contributed by atoms with Gasteiger partial charge in [0, 0.05) is 25.4 Å². The van der Waals surface area contributed by atoms with Crippen LogP contribution >= 0.6 is 0 Å². The number of nitrogens with one attached hydrogen (secondary N) is 1. The zero-order valence-corrected chi connectivity index (χ0v) is 17.5. The molecule has 1 unspecified atom stereocenters. The van der Waals surface area contributed by atoms with E-state index in [-0.39, 0.29) is 6.10 Å². The Morgan fingerprint density at radius 3 is 2.73 bits per heavy atom. The maximum absolute atomic E-state index is 5.88. The van der Waals surface area contributed by atoms with Gasteiger partial charge in [-0.1, -0.05) is 11.2 Å². The lowest BCUT2D eigenvalue weighted by Gasteiger charge is -2.14. The Morgan fingerprint density at radius 2 is 2.03 bits per heavy atom. The van der Waals surface area contributed by atoms with E-state index < -0.39 is 0 Å². The van der Waals surface area contributed by atoms with Crippen molar-refractivity contribution in [3.63, 3.8) is 0 Å². The molecule has 1 fully saturated rings. The van der Waals surface area contributed by atoms with Crippen LogP contribution in [0.4, 0.5) is 5.95 Å². The standard InChI is InChI=1S/C22H26N4O4/c1-14-11-19(30-26-14)16-13-24-22(25-21(16)18-5-4-10-29-18)23-9-8-15-6-7-17(27-2)20(12-15)28-3/h6-7,11-13,18H,4-5,8-10H2,1-3H3,(H,23,24,25). The van der Waals surface area contributed by atoms with Gasteiger partial charge in [-0.05, 0) is 43.9 Å². The Labute approximate surface area is 175 Å². The maximum Gasteiger partial charge on any atom is 0.222 e. The van der Waals surface area contributed by atoms with Crippen LogP contribution in [0.15, 0.2) is 35.0 Å². The van der Waals surface area contributed by atoms with Gasteiger partial charge >= 0.3 is 0 Å². The molecule has 4 rings (SSSR count). The molecule has 0 aliphatic carbocycles. The third-order valence-electron chi connectivity index (χ3n) is 5.09. The normalized spacial score (nSPS) is 15.9. The molecule has 8 nitrogen and oxygen atoms in total. The summed E-state index contributed by atoms with van der Waals surface area (Å²) in [6.07, 6.45) is 4.47. The van der Waals surface area contributed by atoms with Crippen molar-refractivity contribution in [2.24, 2.45) is 0 Å². The highest BCUT2D eigenvalue weighted by atomic mass is 16.5. The lowest BCUT2D eigenvalue weighted by Crippen LogP contribution is -2.11. The van der Waals surface area contributed by atoms with Gasteiger partial charge in [-0.2, -0.15) is 0 Å². The number of benzene rings is 1. The molecule has 0 spiro atoms. The fourth-order valence-electron chi connectivity index (χ4n) is 3.55. The minimum Gasteiger partial charge on any atom is -0.493 e. The number of ether oxygens (including phenoxy) is 3. The molecule has 158 valence electrons. The average Bonchev–Trinajstić information content (AvgIpc) is 3.45. The first-order valence-corrected chi connectivity index (χ1v) is 10.0. The monoisotopic (exact) mass is 410 g/mol. The van der Waals surface area contributed by atoms with Gasteiger partial charge in [-0.15, -0.1) is 0 Å². The molecule has 0 radical (unpaired) electrons. The van der Waals surface area contributed by atoms with Crippen LogP contribution in [0.25, 0.3) is 11.3 Å². The summed E-state index contributed by atoms with van der Waals surface area (Å²) in [6.45, 7) is 3.32. The van der Waals surface area contributed by atoms with E-state index in [1.165, 1.54) is 0 Å². The molecule has 1 aliphatic heterocycles. The lowest BCUT2D eigenvalue weighted by atomic mass is 10.1. The Balaban J connectivity index is 1.48. The fraction of sp³-hybridized carbons (Fsp3) is 0.409. The van der Waals surface area contributed by atoms with Gasteiger partial charge < -0.3 is 24.1 Å². The summed E-state index contributed by atoms with van der Waals surface area (Å²) in [4.78, 5) is 9.23. The zero-order chi connectivity index (χ0) is 20.9. The smallest absolute Gasteiger partial charge is 0.222 e. The van der Waals surface area contributed by atoms with Crippen molar-refractivity contribution in [1.29, 1.82) is 0 Å². The SMILES string of the molecule is COc1ccc(CCNc2ncc(-c3cc(C)no3)c(C3CCCO3)n2)cc1OC. The molecule has 1 aliphatic rings. The first-order valence-electron chi connectivity index (χ1n) is 10.0. The predicted molar refractivity (Wildman–Crippen MR) is 112 cm³/mol. The van der Waals surface area contributed by atoms with Gasteiger partial charge in [0.15, 0.2) is 17.3 Å². The molecule has 2 aromatic heterocycles. The summed E-state index contributed by atoms with van der Waals surface area (Å²) in [6, 6.07) is 7.81. The molecule has 0 bridgehead atoms. The van der Waals surface area contributed by atoms with Crippen molar-refractivity contribution < 1.29 is 18.7 Å². The van der Waals surface area contributed by atoms with Crippen molar-refractivity contribution in [2.75, 3.05) is 32.7 Å². The van der Waals surface area contributed by atoms with E-state index in [1.54, 1.807) is 20.4 Å². The Hall–Kier alpha value is -3.13. The number of hydrogen-bond donors (Lipinski definition) is 1. The van der Waals surface area contributed by atoms with Crippen LogP contribution in [0.5, 0.6) is 11.5 Å². The van der Waals surface area contributed by atoms with Crippen LogP contribution in [0, 0.1) is 6.92 Å². The molecular formula is C22H26N4O4. The van der Waals surface area contributed by atoms with Crippen molar-refractivity contribution in [3.8, 4) is 22.8 Å². The number of rotatable bonds is 8. The molecular weight excluding hydrogens is 384 g/mol. The Kier molecular flexibility index (Phi) is 6.13. The molecule has 30 heavy (non-hydrogen) atoms. The summed E-state index contributed by atoms with van der Waals surface area (Å²) < 4.78 is 22.0. The molecule has 1 saturated heterocycles. The second-order valence-electron chi connectivity index (χ2n) is 7.19. The van der Waals surface area contributed by atoms with Crippen LogP contribution in [0.1, 0.15) is 35.9 Å². The highest BCUT2D eigenvalue weighted by Gasteiger charge is 2.25. The quantitative estimate of drug-likeness (QED) is 0.597. The van der Waals surface area contributed by atoms with Crippen LogP contribution in [-0.4, -0.2) is 42.5 Å². The van der Waals surface area contributed by atoms with Gasteiger partial charge in [0.1, 0.15) is 6.10 Å². The Morgan fingerprint density at radius 1 is 1.17 bits per heavy atom. The van der Waals surface area contributed by atoms with Gasteiger partial charge in [0.25, 0.3) is 0 Å². The minimum absolute atomic E-state index is 0.0557. The first-order chi connectivity index (χ1) is 14.7. The number of aromatic nitrogens is 3. The maximum atomic E-state index is 5.88. The van der Waals surface area contributed by atoms with E-state index in [2.05, 4.69) is 15.5 Å². The lowest BCUT2D eigenvalue weighted by molar-refractivity contribution is 0.109. The van der Waals surface area contributed by atoms with E-state index in [0.717, 1.165) is 59.9 Å². The van der Waals surface area contributed by atoms with Crippen LogP contribution in [-0.2, 0) is 11.2 Å². The average molecular weight is 410 g/mol. The number of anilines is 1. The fourth-order valence-corrected chi connectivity index (χ4v) is 3.55. The van der Waals surface area contributed by atoms with E-state index >= 15 is 0 Å². The van der Waals surface area contributed by atoms with Crippen LogP contribution < -0.4 is 14.8 Å². The zero-order valence-electron chi connectivity index (χ0n) is 17.5. The first kappa shape index (κ1) is 20.2. The van der Waals surface area contributed by atoms with E-state index in [4.69, 9.17) is 23.7 Å². The number of methoxy groups -OCH3 is 2. The molecule has 1 aromatic carbocycles. The molecule has 3 aromatic rings. The summed E-state index contributed by atoms with van der Waals surface area (Å²) in [7, 11) is 3.27. The minimum atomic E-state index is -0.0557. The summed E-state index contributed by atoms with van der Waals surface area (Å²) in [5.74, 6) is 2.67. The van der Waals surface area contributed by atoms with Crippen LogP contribution in [0.2, 0.25) is 0 Å². The van der Waals surface area contributed by atoms with Crippen molar-refractivity contribution >= 4 is 5.95 Å². The third kappa shape index (κ3) is 4.38.